The van der Waals surface area contributed by atoms with E-state index < -0.39 is 0 Å². The molecule has 1 aromatic heterocycles. The number of H-pyrrole nitrogens is 1. The molecule has 26 heavy (non-hydrogen) atoms. The summed E-state index contributed by atoms with van der Waals surface area (Å²) in [6.07, 6.45) is 3.31. The number of aromatic amines is 1. The highest BCUT2D eigenvalue weighted by molar-refractivity contribution is 5.94. The second kappa shape index (κ2) is 6.85. The van der Waals surface area contributed by atoms with E-state index in [9.17, 15) is 4.79 Å². The number of hydrogen-bond donors (Lipinski definition) is 1. The van der Waals surface area contributed by atoms with Crippen molar-refractivity contribution in [1.29, 1.82) is 0 Å². The molecule has 1 aromatic carbocycles. The second-order valence-corrected chi connectivity index (χ2v) is 8.12. The fourth-order valence-electron chi connectivity index (χ4n) is 4.81. The summed E-state index contributed by atoms with van der Waals surface area (Å²) in [6, 6.07) is 10.7. The van der Waals surface area contributed by atoms with Gasteiger partial charge in [-0.15, -0.1) is 0 Å². The third-order valence-corrected chi connectivity index (χ3v) is 5.74. The molecule has 6 nitrogen and oxygen atoms in total. The van der Waals surface area contributed by atoms with E-state index in [1.807, 2.05) is 4.90 Å². The molecule has 2 fully saturated rings. The number of nitrogens with zero attached hydrogens (tertiary/aromatic N) is 4. The molecule has 0 radical (unpaired) electrons. The van der Waals surface area contributed by atoms with E-state index in [0.717, 1.165) is 39.3 Å². The number of likely N-dealkylation sites (tertiary alicyclic amines) is 2. The molecule has 0 unspecified atom stereocenters. The van der Waals surface area contributed by atoms with E-state index in [-0.39, 0.29) is 11.3 Å². The molecule has 1 amide bonds. The van der Waals surface area contributed by atoms with E-state index in [4.69, 9.17) is 0 Å². The number of fused-ring (bicyclic) bond motifs is 1. The molecule has 3 heterocycles. The van der Waals surface area contributed by atoms with Crippen molar-refractivity contribution in [1.82, 2.24) is 24.9 Å². The number of nitrogens with one attached hydrogen (secondary N) is 1. The fourth-order valence-corrected chi connectivity index (χ4v) is 4.81. The number of amides is 1. The van der Waals surface area contributed by atoms with Gasteiger partial charge in [0.25, 0.3) is 5.91 Å². The monoisotopic (exact) mass is 353 g/mol. The number of carbonyl (C=O) groups is 1. The molecule has 6 heteroatoms. The van der Waals surface area contributed by atoms with Gasteiger partial charge in [-0.3, -0.25) is 14.8 Å². The highest BCUT2D eigenvalue weighted by Gasteiger charge is 2.53. The maximum atomic E-state index is 12.8. The van der Waals surface area contributed by atoms with E-state index in [0.29, 0.717) is 11.5 Å². The molecule has 2 aliphatic heterocycles. The Hall–Kier alpha value is -2.18. The van der Waals surface area contributed by atoms with Crippen LogP contribution in [0.2, 0.25) is 0 Å². The Morgan fingerprint density at radius 3 is 2.77 bits per heavy atom. The lowest BCUT2D eigenvalue weighted by atomic mass is 9.80. The van der Waals surface area contributed by atoms with Gasteiger partial charge in [0.05, 0.1) is 11.8 Å². The molecule has 2 aliphatic rings. The minimum atomic E-state index is 0.0980. The van der Waals surface area contributed by atoms with Crippen molar-refractivity contribution in [2.75, 3.05) is 46.8 Å². The minimum absolute atomic E-state index is 0.0980. The van der Waals surface area contributed by atoms with Crippen LogP contribution in [0.25, 0.3) is 0 Å². The molecule has 0 saturated carbocycles. The number of hydrogen-bond acceptors (Lipinski definition) is 4. The van der Waals surface area contributed by atoms with Gasteiger partial charge in [-0.2, -0.15) is 5.10 Å². The van der Waals surface area contributed by atoms with Crippen molar-refractivity contribution in [3.63, 3.8) is 0 Å². The van der Waals surface area contributed by atoms with E-state index >= 15 is 0 Å². The smallest absolute Gasteiger partial charge is 0.257 e. The maximum absolute atomic E-state index is 12.8. The molecule has 0 spiro atoms. The highest BCUT2D eigenvalue weighted by atomic mass is 16.2. The average Bonchev–Trinajstić information content (AvgIpc) is 3.29. The summed E-state index contributed by atoms with van der Waals surface area (Å²) < 4.78 is 0. The predicted octanol–water partition coefficient (Wildman–Crippen LogP) is 1.55. The molecule has 0 bridgehead atoms. The lowest BCUT2D eigenvalue weighted by Crippen LogP contribution is -2.42. The van der Waals surface area contributed by atoms with Crippen LogP contribution in [0.3, 0.4) is 0 Å². The summed E-state index contributed by atoms with van der Waals surface area (Å²) in [5.41, 5.74) is 2.17. The predicted molar refractivity (Wildman–Crippen MR) is 101 cm³/mol. The van der Waals surface area contributed by atoms with Gasteiger partial charge in [0, 0.05) is 50.9 Å². The first-order valence-corrected chi connectivity index (χ1v) is 9.25. The van der Waals surface area contributed by atoms with Gasteiger partial charge >= 0.3 is 0 Å². The quantitative estimate of drug-likeness (QED) is 0.886. The summed E-state index contributed by atoms with van der Waals surface area (Å²) in [6.45, 7) is 5.76. The molecule has 138 valence electrons. The van der Waals surface area contributed by atoms with Crippen molar-refractivity contribution < 1.29 is 4.79 Å². The summed E-state index contributed by atoms with van der Waals surface area (Å²) in [5.74, 6) is 0.616. The van der Waals surface area contributed by atoms with Crippen molar-refractivity contribution in [3.05, 3.63) is 53.9 Å². The molecule has 4 rings (SSSR count). The Labute approximate surface area is 154 Å². The van der Waals surface area contributed by atoms with Gasteiger partial charge in [0.2, 0.25) is 0 Å². The highest BCUT2D eigenvalue weighted by Crippen LogP contribution is 2.43. The Morgan fingerprint density at radius 2 is 2.08 bits per heavy atom. The normalized spacial score (nSPS) is 25.8. The third kappa shape index (κ3) is 3.27. The largest absolute Gasteiger partial charge is 0.338 e. The van der Waals surface area contributed by atoms with Gasteiger partial charge in [-0.25, -0.2) is 0 Å². The average molecular weight is 353 g/mol. The van der Waals surface area contributed by atoms with Crippen LogP contribution in [-0.4, -0.2) is 77.6 Å². The van der Waals surface area contributed by atoms with Gasteiger partial charge in [-0.05, 0) is 25.6 Å². The lowest BCUT2D eigenvalue weighted by molar-refractivity contribution is 0.0748. The van der Waals surface area contributed by atoms with E-state index in [2.05, 4.69) is 64.4 Å². The van der Waals surface area contributed by atoms with Crippen LogP contribution < -0.4 is 0 Å². The Morgan fingerprint density at radius 1 is 1.27 bits per heavy atom. The first kappa shape index (κ1) is 17.2. The summed E-state index contributed by atoms with van der Waals surface area (Å²) in [4.78, 5) is 19.6. The minimum Gasteiger partial charge on any atom is -0.338 e. The van der Waals surface area contributed by atoms with Crippen LogP contribution >= 0.6 is 0 Å². The Bertz CT molecular complexity index is 745. The molecular weight excluding hydrogens is 326 g/mol. The van der Waals surface area contributed by atoms with Crippen LogP contribution in [0.5, 0.6) is 0 Å². The summed E-state index contributed by atoms with van der Waals surface area (Å²) >= 11 is 0. The van der Waals surface area contributed by atoms with Crippen LogP contribution in [0.15, 0.2) is 42.7 Å². The van der Waals surface area contributed by atoms with Crippen molar-refractivity contribution >= 4 is 5.91 Å². The molecule has 2 saturated heterocycles. The zero-order valence-corrected chi connectivity index (χ0v) is 15.6. The number of carbonyl (C=O) groups excluding carboxylic acids is 1. The second-order valence-electron chi connectivity index (χ2n) is 8.12. The molecule has 0 aliphatic carbocycles. The Balaban J connectivity index is 1.49. The van der Waals surface area contributed by atoms with Gasteiger partial charge in [-0.1, -0.05) is 30.3 Å². The fraction of sp³-hybridized carbons (Fsp3) is 0.500. The van der Waals surface area contributed by atoms with Crippen molar-refractivity contribution in [2.24, 2.45) is 11.3 Å². The first-order chi connectivity index (χ1) is 12.6. The van der Waals surface area contributed by atoms with Crippen LogP contribution in [0, 0.1) is 11.3 Å². The summed E-state index contributed by atoms with van der Waals surface area (Å²) in [7, 11) is 4.26. The standard InChI is InChI=1S/C20H27N5O/c1-23(2)13-20-14-24(10-16-6-4-3-5-7-16)11-18(20)12-25(15-20)19(26)17-8-21-22-9-17/h3-9,18H,10-15H2,1-2H3,(H,21,22)/t18-,20+/m1/s1. The van der Waals surface area contributed by atoms with Gasteiger partial charge in [0.15, 0.2) is 0 Å². The summed E-state index contributed by atoms with van der Waals surface area (Å²) in [5, 5.41) is 6.67. The molecule has 1 N–H and O–H groups in total. The maximum Gasteiger partial charge on any atom is 0.257 e. The molecular formula is C20H27N5O. The SMILES string of the molecule is CN(C)C[C@@]12CN(Cc3ccccc3)C[C@@H]1CN(C(=O)c1cn[nH]c1)C2. The van der Waals surface area contributed by atoms with E-state index in [1.54, 1.807) is 12.4 Å². The van der Waals surface area contributed by atoms with Gasteiger partial charge < -0.3 is 9.80 Å². The van der Waals surface area contributed by atoms with Gasteiger partial charge in [0.1, 0.15) is 0 Å². The van der Waals surface area contributed by atoms with E-state index in [1.165, 1.54) is 5.56 Å². The third-order valence-electron chi connectivity index (χ3n) is 5.74. The topological polar surface area (TPSA) is 55.5 Å². The Kier molecular flexibility index (Phi) is 4.54. The number of rotatable bonds is 5. The lowest BCUT2D eigenvalue weighted by Gasteiger charge is -2.32. The number of benzene rings is 1. The van der Waals surface area contributed by atoms with Crippen LogP contribution in [0.4, 0.5) is 0 Å². The molecule has 2 aromatic rings. The van der Waals surface area contributed by atoms with Crippen LogP contribution in [-0.2, 0) is 6.54 Å². The molecule has 2 atom stereocenters. The van der Waals surface area contributed by atoms with Crippen molar-refractivity contribution in [3.8, 4) is 0 Å². The zero-order valence-electron chi connectivity index (χ0n) is 15.6. The zero-order chi connectivity index (χ0) is 18.1. The van der Waals surface area contributed by atoms with Crippen molar-refractivity contribution in [2.45, 2.75) is 6.54 Å². The number of aromatic nitrogens is 2. The van der Waals surface area contributed by atoms with Crippen LogP contribution in [0.1, 0.15) is 15.9 Å². The first-order valence-electron chi connectivity index (χ1n) is 9.25.